The van der Waals surface area contributed by atoms with Crippen LogP contribution < -0.4 is 5.32 Å². The Morgan fingerprint density at radius 3 is 2.70 bits per heavy atom. The summed E-state index contributed by atoms with van der Waals surface area (Å²) in [5.41, 5.74) is 2.80. The Kier molecular flexibility index (Phi) is 4.39. The van der Waals surface area contributed by atoms with E-state index < -0.39 is 6.10 Å². The van der Waals surface area contributed by atoms with Gasteiger partial charge < -0.3 is 10.4 Å². The summed E-state index contributed by atoms with van der Waals surface area (Å²) in [4.78, 5) is 12.7. The second-order valence-electron chi connectivity index (χ2n) is 5.39. The van der Waals surface area contributed by atoms with Gasteiger partial charge in [0.2, 0.25) is 0 Å². The van der Waals surface area contributed by atoms with Gasteiger partial charge in [0.1, 0.15) is 5.69 Å². The molecule has 0 aliphatic rings. The van der Waals surface area contributed by atoms with E-state index in [1.807, 2.05) is 61.7 Å². The topological polar surface area (TPSA) is 66.6 Å². The molecule has 0 aliphatic carbocycles. The average Bonchev–Trinajstić information content (AvgIpc) is 2.99. The van der Waals surface area contributed by atoms with E-state index in [-0.39, 0.29) is 12.5 Å². The molecule has 1 aromatic carbocycles. The van der Waals surface area contributed by atoms with Crippen molar-refractivity contribution in [2.75, 3.05) is 6.54 Å². The van der Waals surface area contributed by atoms with Gasteiger partial charge in [-0.1, -0.05) is 43.3 Å². The number of hydrogen-bond acceptors (Lipinski definition) is 3. The van der Waals surface area contributed by atoms with Crippen LogP contribution in [0.3, 0.4) is 0 Å². The highest BCUT2D eigenvalue weighted by atomic mass is 16.3. The largest absolute Gasteiger partial charge is 0.391 e. The first-order chi connectivity index (χ1) is 11.2. The molecule has 3 rings (SSSR count). The van der Waals surface area contributed by atoms with Crippen LogP contribution in [0.25, 0.3) is 16.8 Å². The molecule has 0 fully saturated rings. The lowest BCUT2D eigenvalue weighted by atomic mass is 10.1. The predicted molar refractivity (Wildman–Crippen MR) is 89.3 cm³/mol. The average molecular weight is 309 g/mol. The molecule has 3 aromatic rings. The Hall–Kier alpha value is -2.66. The van der Waals surface area contributed by atoms with Gasteiger partial charge in [0.15, 0.2) is 0 Å². The number of nitrogens with zero attached hydrogens (tertiary/aromatic N) is 2. The number of fused-ring (bicyclic) bond motifs is 1. The summed E-state index contributed by atoms with van der Waals surface area (Å²) in [7, 11) is 0. The van der Waals surface area contributed by atoms with E-state index in [4.69, 9.17) is 0 Å². The van der Waals surface area contributed by atoms with Crippen molar-refractivity contribution in [1.29, 1.82) is 0 Å². The quantitative estimate of drug-likeness (QED) is 0.761. The molecule has 0 radical (unpaired) electrons. The summed E-state index contributed by atoms with van der Waals surface area (Å²) in [5.74, 6) is -0.224. The van der Waals surface area contributed by atoms with Crippen molar-refractivity contribution in [3.8, 4) is 11.3 Å². The molecule has 118 valence electrons. The molecule has 1 amide bonds. The fraction of sp³-hybridized carbons (Fsp3) is 0.222. The molecule has 23 heavy (non-hydrogen) atoms. The van der Waals surface area contributed by atoms with Crippen LogP contribution >= 0.6 is 0 Å². The van der Waals surface area contributed by atoms with Crippen molar-refractivity contribution >= 4 is 11.4 Å². The lowest BCUT2D eigenvalue weighted by molar-refractivity contribution is 0.0916. The molecular weight excluding hydrogens is 290 g/mol. The maximum atomic E-state index is 12.7. The van der Waals surface area contributed by atoms with Crippen molar-refractivity contribution in [3.63, 3.8) is 0 Å². The van der Waals surface area contributed by atoms with Crippen LogP contribution in [0.1, 0.15) is 23.7 Å². The molecular formula is C18H19N3O2. The second-order valence-corrected chi connectivity index (χ2v) is 5.39. The summed E-state index contributed by atoms with van der Waals surface area (Å²) in [5, 5.41) is 17.0. The number of aromatic nitrogens is 2. The molecule has 1 unspecified atom stereocenters. The number of aliphatic hydroxyl groups excluding tert-OH is 1. The molecule has 2 N–H and O–H groups in total. The van der Waals surface area contributed by atoms with Gasteiger partial charge in [0.25, 0.3) is 5.91 Å². The van der Waals surface area contributed by atoms with Crippen molar-refractivity contribution in [2.24, 2.45) is 0 Å². The Bertz CT molecular complexity index is 812. The molecule has 0 aliphatic heterocycles. The SMILES string of the molecule is CCC(O)CNC(=O)c1c(-c2ccccc2)nn2ccccc12. The molecule has 2 heterocycles. The normalized spacial score (nSPS) is 12.3. The van der Waals surface area contributed by atoms with E-state index in [1.165, 1.54) is 0 Å². The molecule has 0 saturated carbocycles. The van der Waals surface area contributed by atoms with Crippen molar-refractivity contribution in [1.82, 2.24) is 14.9 Å². The highest BCUT2D eigenvalue weighted by Gasteiger charge is 2.20. The smallest absolute Gasteiger partial charge is 0.255 e. The fourth-order valence-corrected chi connectivity index (χ4v) is 2.46. The maximum absolute atomic E-state index is 12.7. The predicted octanol–water partition coefficient (Wildman–Crippen LogP) is 2.50. The summed E-state index contributed by atoms with van der Waals surface area (Å²) in [6.07, 6.45) is 1.88. The van der Waals surface area contributed by atoms with Gasteiger partial charge in [-0.3, -0.25) is 4.79 Å². The Morgan fingerprint density at radius 2 is 1.96 bits per heavy atom. The maximum Gasteiger partial charge on any atom is 0.255 e. The van der Waals surface area contributed by atoms with Gasteiger partial charge in [-0.25, -0.2) is 4.52 Å². The third-order valence-electron chi connectivity index (χ3n) is 3.78. The van der Waals surface area contributed by atoms with Gasteiger partial charge in [-0.15, -0.1) is 0 Å². The van der Waals surface area contributed by atoms with Gasteiger partial charge in [-0.05, 0) is 18.6 Å². The number of hydrogen-bond donors (Lipinski definition) is 2. The van der Waals surface area contributed by atoms with Crippen LogP contribution in [-0.4, -0.2) is 33.3 Å². The number of aliphatic hydroxyl groups is 1. The summed E-state index contributed by atoms with van der Waals surface area (Å²) in [6.45, 7) is 2.11. The number of carbonyl (C=O) groups is 1. The highest BCUT2D eigenvalue weighted by Crippen LogP contribution is 2.25. The van der Waals surface area contributed by atoms with Crippen LogP contribution in [-0.2, 0) is 0 Å². The van der Waals surface area contributed by atoms with E-state index in [9.17, 15) is 9.90 Å². The standard InChI is InChI=1S/C18H19N3O2/c1-2-14(22)12-19-18(23)16-15-10-6-7-11-21(15)20-17(16)13-8-4-3-5-9-13/h3-11,14,22H,2,12H2,1H3,(H,19,23). The molecule has 2 aromatic heterocycles. The minimum Gasteiger partial charge on any atom is -0.391 e. The van der Waals surface area contributed by atoms with Crippen LogP contribution in [0, 0.1) is 0 Å². The van der Waals surface area contributed by atoms with Crippen molar-refractivity contribution in [2.45, 2.75) is 19.4 Å². The molecule has 1 atom stereocenters. The Balaban J connectivity index is 2.05. The van der Waals surface area contributed by atoms with Crippen molar-refractivity contribution < 1.29 is 9.90 Å². The number of carbonyl (C=O) groups excluding carboxylic acids is 1. The minimum atomic E-state index is -0.541. The Morgan fingerprint density at radius 1 is 1.22 bits per heavy atom. The fourth-order valence-electron chi connectivity index (χ4n) is 2.46. The molecule has 5 heteroatoms. The van der Waals surface area contributed by atoms with Crippen LogP contribution in [0.4, 0.5) is 0 Å². The number of amides is 1. The molecule has 0 bridgehead atoms. The van der Waals surface area contributed by atoms with E-state index >= 15 is 0 Å². The first-order valence-electron chi connectivity index (χ1n) is 7.69. The lowest BCUT2D eigenvalue weighted by Gasteiger charge is -2.10. The lowest BCUT2D eigenvalue weighted by Crippen LogP contribution is -2.31. The molecule has 5 nitrogen and oxygen atoms in total. The molecule has 0 saturated heterocycles. The first kappa shape index (κ1) is 15.2. The van der Waals surface area contributed by atoms with Gasteiger partial charge in [0, 0.05) is 18.3 Å². The van der Waals surface area contributed by atoms with Crippen LogP contribution in [0.2, 0.25) is 0 Å². The third kappa shape index (κ3) is 3.10. The van der Waals surface area contributed by atoms with Gasteiger partial charge >= 0.3 is 0 Å². The van der Waals surface area contributed by atoms with E-state index in [0.29, 0.717) is 17.7 Å². The van der Waals surface area contributed by atoms with E-state index in [0.717, 1.165) is 11.1 Å². The summed E-state index contributed by atoms with van der Waals surface area (Å²) >= 11 is 0. The van der Waals surface area contributed by atoms with Gasteiger partial charge in [-0.2, -0.15) is 5.10 Å². The zero-order valence-corrected chi connectivity index (χ0v) is 12.9. The van der Waals surface area contributed by atoms with Gasteiger partial charge in [0.05, 0.1) is 17.2 Å². The van der Waals surface area contributed by atoms with E-state index in [1.54, 1.807) is 4.52 Å². The minimum absolute atomic E-state index is 0.224. The zero-order chi connectivity index (χ0) is 16.2. The number of nitrogens with one attached hydrogen (secondary N) is 1. The number of rotatable bonds is 5. The zero-order valence-electron chi connectivity index (χ0n) is 12.9. The highest BCUT2D eigenvalue weighted by molar-refractivity contribution is 6.06. The molecule has 0 spiro atoms. The Labute approximate surface area is 134 Å². The second kappa shape index (κ2) is 6.62. The van der Waals surface area contributed by atoms with Crippen LogP contribution in [0.15, 0.2) is 54.7 Å². The monoisotopic (exact) mass is 309 g/mol. The number of pyridine rings is 1. The number of benzene rings is 1. The van der Waals surface area contributed by atoms with Crippen LogP contribution in [0.5, 0.6) is 0 Å². The first-order valence-corrected chi connectivity index (χ1v) is 7.69. The van der Waals surface area contributed by atoms with Crippen molar-refractivity contribution in [3.05, 3.63) is 60.3 Å². The summed E-state index contributed by atoms with van der Waals surface area (Å²) in [6, 6.07) is 15.2. The third-order valence-corrected chi connectivity index (χ3v) is 3.78. The van der Waals surface area contributed by atoms with E-state index in [2.05, 4.69) is 10.4 Å². The summed E-state index contributed by atoms with van der Waals surface area (Å²) < 4.78 is 1.70.